The highest BCUT2D eigenvalue weighted by atomic mass is 35.5. The molecule has 2 amide bonds. The number of H-pyrrole nitrogens is 1. The fourth-order valence-electron chi connectivity index (χ4n) is 1.62. The second-order valence-corrected chi connectivity index (χ2v) is 6.23. The number of amides is 2. The standard InChI is InChI=1S/C14H15ClN4O2S/c1-9(22-12-5-3-2-4-11(12)15)14(21)16-8-13(20)19-10-6-17-18-7-10/h2-7,9H,8H2,1H3,(H,16,21)(H,17,18)(H,19,20)/t9-/m1/s1. The molecule has 3 N–H and O–H groups in total. The van der Waals surface area contributed by atoms with Gasteiger partial charge in [-0.2, -0.15) is 5.10 Å². The molecule has 8 heteroatoms. The Morgan fingerprint density at radius 3 is 2.86 bits per heavy atom. The van der Waals surface area contributed by atoms with Crippen LogP contribution in [-0.2, 0) is 9.59 Å². The summed E-state index contributed by atoms with van der Waals surface area (Å²) in [4.78, 5) is 24.5. The van der Waals surface area contributed by atoms with Gasteiger partial charge in [-0.3, -0.25) is 14.7 Å². The van der Waals surface area contributed by atoms with E-state index < -0.39 is 0 Å². The van der Waals surface area contributed by atoms with Gasteiger partial charge in [0.15, 0.2) is 0 Å². The number of aromatic nitrogens is 2. The Morgan fingerprint density at radius 2 is 2.18 bits per heavy atom. The summed E-state index contributed by atoms with van der Waals surface area (Å²) in [6.07, 6.45) is 3.03. The third-order valence-corrected chi connectivity index (χ3v) is 4.33. The van der Waals surface area contributed by atoms with Crippen molar-refractivity contribution in [1.29, 1.82) is 0 Å². The van der Waals surface area contributed by atoms with Crippen LogP contribution in [0.25, 0.3) is 0 Å². The monoisotopic (exact) mass is 338 g/mol. The highest BCUT2D eigenvalue weighted by Crippen LogP contribution is 2.29. The van der Waals surface area contributed by atoms with E-state index in [2.05, 4.69) is 20.8 Å². The Bertz CT molecular complexity index is 648. The van der Waals surface area contributed by atoms with Crippen molar-refractivity contribution in [2.75, 3.05) is 11.9 Å². The van der Waals surface area contributed by atoms with Gasteiger partial charge in [0.1, 0.15) is 0 Å². The second kappa shape index (κ2) is 7.86. The van der Waals surface area contributed by atoms with E-state index in [4.69, 9.17) is 11.6 Å². The van der Waals surface area contributed by atoms with Gasteiger partial charge in [-0.1, -0.05) is 23.7 Å². The number of nitrogens with zero attached hydrogens (tertiary/aromatic N) is 1. The predicted octanol–water partition coefficient (Wildman–Crippen LogP) is 2.30. The van der Waals surface area contributed by atoms with E-state index >= 15 is 0 Å². The molecular formula is C14H15ClN4O2S. The summed E-state index contributed by atoms with van der Waals surface area (Å²) in [5.74, 6) is -0.544. The summed E-state index contributed by atoms with van der Waals surface area (Å²) in [5, 5.41) is 11.7. The van der Waals surface area contributed by atoms with Gasteiger partial charge in [-0.05, 0) is 19.1 Å². The van der Waals surface area contributed by atoms with Crippen molar-refractivity contribution in [2.24, 2.45) is 0 Å². The van der Waals surface area contributed by atoms with Crippen LogP contribution in [-0.4, -0.2) is 33.8 Å². The molecule has 6 nitrogen and oxygen atoms in total. The van der Waals surface area contributed by atoms with Crippen LogP contribution in [0.2, 0.25) is 5.02 Å². The summed E-state index contributed by atoms with van der Waals surface area (Å²) in [6.45, 7) is 1.66. The topological polar surface area (TPSA) is 86.9 Å². The summed E-state index contributed by atoms with van der Waals surface area (Å²) < 4.78 is 0. The number of anilines is 1. The summed E-state index contributed by atoms with van der Waals surface area (Å²) >= 11 is 7.40. The third kappa shape index (κ3) is 4.78. The number of hydrogen-bond acceptors (Lipinski definition) is 4. The van der Waals surface area contributed by atoms with Gasteiger partial charge in [-0.25, -0.2) is 0 Å². The lowest BCUT2D eigenvalue weighted by molar-refractivity contribution is -0.123. The third-order valence-electron chi connectivity index (χ3n) is 2.71. The van der Waals surface area contributed by atoms with E-state index in [1.807, 2.05) is 18.2 Å². The first-order chi connectivity index (χ1) is 10.6. The second-order valence-electron chi connectivity index (χ2n) is 4.44. The lowest BCUT2D eigenvalue weighted by Gasteiger charge is -2.12. The summed E-state index contributed by atoms with van der Waals surface area (Å²) in [5.41, 5.74) is 0.553. The van der Waals surface area contributed by atoms with Crippen molar-refractivity contribution in [3.8, 4) is 0 Å². The number of carbonyl (C=O) groups excluding carboxylic acids is 2. The van der Waals surface area contributed by atoms with Crippen molar-refractivity contribution >= 4 is 40.9 Å². The molecule has 22 heavy (non-hydrogen) atoms. The molecule has 0 aliphatic carbocycles. The molecule has 0 bridgehead atoms. The minimum Gasteiger partial charge on any atom is -0.346 e. The molecule has 0 aliphatic rings. The average Bonchev–Trinajstić information content (AvgIpc) is 3.00. The Morgan fingerprint density at radius 1 is 1.41 bits per heavy atom. The molecule has 2 aromatic rings. The smallest absolute Gasteiger partial charge is 0.243 e. The van der Waals surface area contributed by atoms with Gasteiger partial charge in [-0.15, -0.1) is 11.8 Å². The molecule has 1 heterocycles. The maximum Gasteiger partial charge on any atom is 0.243 e. The van der Waals surface area contributed by atoms with E-state index in [0.717, 1.165) is 4.90 Å². The van der Waals surface area contributed by atoms with E-state index in [0.29, 0.717) is 10.7 Å². The highest BCUT2D eigenvalue weighted by molar-refractivity contribution is 8.00. The fraction of sp³-hybridized carbons (Fsp3) is 0.214. The van der Waals surface area contributed by atoms with Crippen molar-refractivity contribution in [2.45, 2.75) is 17.1 Å². The number of hydrogen-bond donors (Lipinski definition) is 3. The average molecular weight is 339 g/mol. The first-order valence-electron chi connectivity index (χ1n) is 6.54. The number of rotatable bonds is 6. The molecule has 0 radical (unpaired) electrons. The maximum absolute atomic E-state index is 12.0. The van der Waals surface area contributed by atoms with Gasteiger partial charge in [0.05, 0.1) is 28.7 Å². The van der Waals surface area contributed by atoms with Crippen LogP contribution in [0.4, 0.5) is 5.69 Å². The summed E-state index contributed by atoms with van der Waals surface area (Å²) in [6, 6.07) is 7.31. The van der Waals surface area contributed by atoms with Gasteiger partial charge >= 0.3 is 0 Å². The molecule has 0 spiro atoms. The first-order valence-corrected chi connectivity index (χ1v) is 7.79. The SMILES string of the molecule is C[C@@H](Sc1ccccc1Cl)C(=O)NCC(=O)Nc1cn[nH]c1. The van der Waals surface area contributed by atoms with Crippen molar-refractivity contribution in [3.63, 3.8) is 0 Å². The van der Waals surface area contributed by atoms with Crippen LogP contribution in [0.5, 0.6) is 0 Å². The minimum absolute atomic E-state index is 0.0998. The molecule has 0 saturated heterocycles. The Labute approximate surface area is 137 Å². The molecule has 2 rings (SSSR count). The predicted molar refractivity (Wildman–Crippen MR) is 87.0 cm³/mol. The highest BCUT2D eigenvalue weighted by Gasteiger charge is 2.16. The van der Waals surface area contributed by atoms with Crippen molar-refractivity contribution in [3.05, 3.63) is 41.7 Å². The van der Waals surface area contributed by atoms with Gasteiger partial charge in [0.25, 0.3) is 0 Å². The number of benzene rings is 1. The molecule has 116 valence electrons. The van der Waals surface area contributed by atoms with Gasteiger partial charge < -0.3 is 10.6 Å². The molecule has 0 fully saturated rings. The zero-order valence-electron chi connectivity index (χ0n) is 11.8. The number of thioether (sulfide) groups is 1. The number of aromatic amines is 1. The normalized spacial score (nSPS) is 11.7. The number of carbonyl (C=O) groups is 2. The zero-order chi connectivity index (χ0) is 15.9. The van der Waals surface area contributed by atoms with Crippen molar-refractivity contribution in [1.82, 2.24) is 15.5 Å². The first kappa shape index (κ1) is 16.4. The van der Waals surface area contributed by atoms with Crippen molar-refractivity contribution < 1.29 is 9.59 Å². The number of halogens is 1. The molecule has 0 saturated carbocycles. The van der Waals surface area contributed by atoms with Gasteiger partial charge in [0.2, 0.25) is 11.8 Å². The van der Waals surface area contributed by atoms with E-state index in [9.17, 15) is 9.59 Å². The van der Waals surface area contributed by atoms with E-state index in [-0.39, 0.29) is 23.6 Å². The molecule has 1 aromatic carbocycles. The van der Waals surface area contributed by atoms with Crippen LogP contribution in [0.15, 0.2) is 41.6 Å². The molecule has 0 aliphatic heterocycles. The fourth-order valence-corrected chi connectivity index (χ4v) is 2.80. The number of nitrogens with one attached hydrogen (secondary N) is 3. The van der Waals surface area contributed by atoms with Crippen LogP contribution in [0.1, 0.15) is 6.92 Å². The molecule has 1 aromatic heterocycles. The molecule has 1 atom stereocenters. The van der Waals surface area contributed by atoms with Crippen LogP contribution >= 0.6 is 23.4 Å². The molecule has 0 unspecified atom stereocenters. The Hall–Kier alpha value is -1.99. The van der Waals surface area contributed by atoms with Crippen LogP contribution < -0.4 is 10.6 Å². The Kier molecular flexibility index (Phi) is 5.85. The lowest BCUT2D eigenvalue weighted by Crippen LogP contribution is -2.37. The van der Waals surface area contributed by atoms with Crippen LogP contribution in [0.3, 0.4) is 0 Å². The van der Waals surface area contributed by atoms with Crippen LogP contribution in [0, 0.1) is 0 Å². The quantitative estimate of drug-likeness (QED) is 0.705. The molecular weight excluding hydrogens is 324 g/mol. The minimum atomic E-state index is -0.360. The largest absolute Gasteiger partial charge is 0.346 e. The van der Waals surface area contributed by atoms with E-state index in [1.54, 1.807) is 19.2 Å². The zero-order valence-corrected chi connectivity index (χ0v) is 13.4. The van der Waals surface area contributed by atoms with E-state index in [1.165, 1.54) is 18.0 Å². The maximum atomic E-state index is 12.0. The summed E-state index contributed by atoms with van der Waals surface area (Å²) in [7, 11) is 0. The lowest BCUT2D eigenvalue weighted by atomic mass is 10.4. The Balaban J connectivity index is 1.79. The van der Waals surface area contributed by atoms with Gasteiger partial charge in [0, 0.05) is 11.1 Å².